The van der Waals surface area contributed by atoms with Gasteiger partial charge < -0.3 is 4.90 Å². The predicted molar refractivity (Wildman–Crippen MR) is 86.1 cm³/mol. The summed E-state index contributed by atoms with van der Waals surface area (Å²) in [5, 5.41) is 4.54. The van der Waals surface area contributed by atoms with Gasteiger partial charge in [0.05, 0.1) is 6.04 Å². The maximum absolute atomic E-state index is 12.5. The zero-order valence-corrected chi connectivity index (χ0v) is 13.7. The molecule has 0 radical (unpaired) electrons. The summed E-state index contributed by atoms with van der Waals surface area (Å²) in [4.78, 5) is 14.4. The zero-order chi connectivity index (χ0) is 14.7. The van der Waals surface area contributed by atoms with Gasteiger partial charge in [-0.25, -0.2) is 0 Å². The Balaban J connectivity index is 2.26. The first-order valence-corrected chi connectivity index (χ1v) is 8.58. The van der Waals surface area contributed by atoms with Gasteiger partial charge in [-0.1, -0.05) is 37.6 Å². The van der Waals surface area contributed by atoms with Crippen molar-refractivity contribution in [2.75, 3.05) is 12.8 Å². The normalized spacial score (nSPS) is 24.2. The predicted octanol–water partition coefficient (Wildman–Crippen LogP) is 3.30. The number of thioether (sulfide) groups is 1. The summed E-state index contributed by atoms with van der Waals surface area (Å²) in [6.45, 7) is 4.93. The molecule has 1 aliphatic rings. The molecule has 20 heavy (non-hydrogen) atoms. The van der Waals surface area contributed by atoms with Crippen molar-refractivity contribution in [1.29, 1.82) is 0 Å². The van der Waals surface area contributed by atoms with Gasteiger partial charge in [0.2, 0.25) is 5.91 Å². The summed E-state index contributed by atoms with van der Waals surface area (Å²) in [7, 11) is 0. The van der Waals surface area contributed by atoms with Crippen molar-refractivity contribution >= 4 is 29.3 Å². The standard InChI is InChI=1S/C15H21ClN2OS/c1-4-13-15(19)18(9-10(2)20-3)14(17-13)11-6-5-7-12(16)8-11/h5-8,10,13-14,17H,4,9H2,1-3H3. The van der Waals surface area contributed by atoms with E-state index >= 15 is 0 Å². The molecule has 1 aromatic rings. The molecule has 2 rings (SSSR count). The molecule has 110 valence electrons. The lowest BCUT2D eigenvalue weighted by Crippen LogP contribution is -2.35. The summed E-state index contributed by atoms with van der Waals surface area (Å²) in [5.41, 5.74) is 1.05. The molecule has 3 nitrogen and oxygen atoms in total. The highest BCUT2D eigenvalue weighted by Gasteiger charge is 2.38. The number of halogens is 1. The van der Waals surface area contributed by atoms with E-state index in [1.54, 1.807) is 11.8 Å². The Labute approximate surface area is 130 Å². The molecule has 1 aliphatic heterocycles. The van der Waals surface area contributed by atoms with Crippen LogP contribution in [0.5, 0.6) is 0 Å². The number of rotatable bonds is 5. The highest BCUT2D eigenvalue weighted by atomic mass is 35.5. The van der Waals surface area contributed by atoms with Gasteiger partial charge in [0.15, 0.2) is 0 Å². The number of hydrogen-bond donors (Lipinski definition) is 1. The maximum atomic E-state index is 12.5. The molecule has 1 saturated heterocycles. The Bertz CT molecular complexity index is 483. The van der Waals surface area contributed by atoms with Gasteiger partial charge in [-0.15, -0.1) is 0 Å². The minimum atomic E-state index is -0.0898. The molecular weight excluding hydrogens is 292 g/mol. The minimum Gasteiger partial charge on any atom is -0.320 e. The second kappa shape index (κ2) is 6.83. The van der Waals surface area contributed by atoms with Crippen LogP contribution in [-0.2, 0) is 4.79 Å². The van der Waals surface area contributed by atoms with Crippen LogP contribution >= 0.6 is 23.4 Å². The van der Waals surface area contributed by atoms with Gasteiger partial charge in [0.25, 0.3) is 0 Å². The van der Waals surface area contributed by atoms with Gasteiger partial charge >= 0.3 is 0 Å². The Kier molecular flexibility index (Phi) is 5.35. The number of nitrogens with zero attached hydrogens (tertiary/aromatic N) is 1. The molecule has 1 aromatic carbocycles. The molecule has 0 aliphatic carbocycles. The largest absolute Gasteiger partial charge is 0.320 e. The fraction of sp³-hybridized carbons (Fsp3) is 0.533. The average Bonchev–Trinajstić information content (AvgIpc) is 2.75. The van der Waals surface area contributed by atoms with Crippen LogP contribution < -0.4 is 5.32 Å². The minimum absolute atomic E-state index is 0.0688. The molecule has 1 fully saturated rings. The van der Waals surface area contributed by atoms with Crippen LogP contribution in [0.4, 0.5) is 0 Å². The Morgan fingerprint density at radius 3 is 2.85 bits per heavy atom. The van der Waals surface area contributed by atoms with Gasteiger partial charge in [0.1, 0.15) is 6.17 Å². The fourth-order valence-corrected chi connectivity index (χ4v) is 2.98. The monoisotopic (exact) mass is 312 g/mol. The second-order valence-corrected chi connectivity index (χ2v) is 6.83. The lowest BCUT2D eigenvalue weighted by Gasteiger charge is -2.27. The number of carbonyl (C=O) groups excluding carboxylic acids is 1. The van der Waals surface area contributed by atoms with Crippen molar-refractivity contribution in [3.05, 3.63) is 34.9 Å². The molecule has 1 heterocycles. The molecule has 3 atom stereocenters. The van der Waals surface area contributed by atoms with Crippen LogP contribution in [0.2, 0.25) is 5.02 Å². The van der Waals surface area contributed by atoms with E-state index in [1.807, 2.05) is 36.1 Å². The summed E-state index contributed by atoms with van der Waals surface area (Å²) in [5.74, 6) is 0.193. The fourth-order valence-electron chi connectivity index (χ4n) is 2.47. The van der Waals surface area contributed by atoms with Crippen LogP contribution in [-0.4, -0.2) is 34.9 Å². The van der Waals surface area contributed by atoms with Crippen LogP contribution in [0.1, 0.15) is 32.0 Å². The van der Waals surface area contributed by atoms with Crippen LogP contribution in [0, 0.1) is 0 Å². The maximum Gasteiger partial charge on any atom is 0.241 e. The Hall–Kier alpha value is -0.710. The molecule has 3 unspecified atom stereocenters. The second-order valence-electron chi connectivity index (χ2n) is 5.12. The molecule has 0 bridgehead atoms. The lowest BCUT2D eigenvalue weighted by molar-refractivity contribution is -0.130. The molecule has 0 saturated carbocycles. The van der Waals surface area contributed by atoms with Crippen molar-refractivity contribution in [2.45, 2.75) is 37.7 Å². The van der Waals surface area contributed by atoms with E-state index in [2.05, 4.69) is 18.5 Å². The quantitative estimate of drug-likeness (QED) is 0.905. The summed E-state index contributed by atoms with van der Waals surface area (Å²) in [6.07, 6.45) is 2.81. The molecule has 0 aromatic heterocycles. The van der Waals surface area contributed by atoms with Gasteiger partial charge in [0, 0.05) is 16.8 Å². The summed E-state index contributed by atoms with van der Waals surface area (Å²) in [6, 6.07) is 7.65. The van der Waals surface area contributed by atoms with E-state index in [9.17, 15) is 4.79 Å². The first-order valence-electron chi connectivity index (χ1n) is 6.91. The van der Waals surface area contributed by atoms with Crippen LogP contribution in [0.3, 0.4) is 0 Å². The van der Waals surface area contributed by atoms with Crippen LogP contribution in [0.25, 0.3) is 0 Å². The molecule has 1 amide bonds. The highest BCUT2D eigenvalue weighted by molar-refractivity contribution is 7.99. The van der Waals surface area contributed by atoms with Crippen molar-refractivity contribution in [2.24, 2.45) is 0 Å². The van der Waals surface area contributed by atoms with E-state index in [-0.39, 0.29) is 18.1 Å². The molecule has 0 spiro atoms. The Morgan fingerprint density at radius 1 is 1.50 bits per heavy atom. The topological polar surface area (TPSA) is 32.3 Å². The third-order valence-electron chi connectivity index (χ3n) is 3.68. The van der Waals surface area contributed by atoms with E-state index < -0.39 is 0 Å². The first kappa shape index (κ1) is 15.7. The Morgan fingerprint density at radius 2 is 2.25 bits per heavy atom. The van der Waals surface area contributed by atoms with Gasteiger partial charge in [-0.3, -0.25) is 10.1 Å². The van der Waals surface area contributed by atoms with Crippen molar-refractivity contribution in [3.8, 4) is 0 Å². The van der Waals surface area contributed by atoms with Gasteiger partial charge in [-0.2, -0.15) is 11.8 Å². The third kappa shape index (κ3) is 3.30. The number of benzene rings is 1. The number of nitrogens with one attached hydrogen (secondary N) is 1. The average molecular weight is 313 g/mol. The third-order valence-corrected chi connectivity index (χ3v) is 4.87. The van der Waals surface area contributed by atoms with Crippen molar-refractivity contribution < 1.29 is 4.79 Å². The SMILES string of the molecule is CCC1NC(c2cccc(Cl)c2)N(CC(C)SC)C1=O. The highest BCUT2D eigenvalue weighted by Crippen LogP contribution is 2.29. The summed E-state index contributed by atoms with van der Waals surface area (Å²) < 4.78 is 0. The number of hydrogen-bond acceptors (Lipinski definition) is 3. The van der Waals surface area contributed by atoms with E-state index in [4.69, 9.17) is 11.6 Å². The smallest absolute Gasteiger partial charge is 0.241 e. The van der Waals surface area contributed by atoms with E-state index in [0.717, 1.165) is 18.5 Å². The summed E-state index contributed by atoms with van der Waals surface area (Å²) >= 11 is 7.85. The van der Waals surface area contributed by atoms with Crippen molar-refractivity contribution in [1.82, 2.24) is 10.2 Å². The number of amides is 1. The van der Waals surface area contributed by atoms with Crippen molar-refractivity contribution in [3.63, 3.8) is 0 Å². The van der Waals surface area contributed by atoms with E-state index in [0.29, 0.717) is 10.3 Å². The molecule has 5 heteroatoms. The molecular formula is C15H21ClN2OS. The van der Waals surface area contributed by atoms with Gasteiger partial charge in [-0.05, 0) is 30.4 Å². The zero-order valence-electron chi connectivity index (χ0n) is 12.1. The first-order chi connectivity index (χ1) is 9.56. The molecule has 1 N–H and O–H groups in total. The van der Waals surface area contributed by atoms with E-state index in [1.165, 1.54) is 0 Å². The lowest BCUT2D eigenvalue weighted by atomic mass is 10.1. The van der Waals surface area contributed by atoms with Crippen LogP contribution in [0.15, 0.2) is 24.3 Å². The number of carbonyl (C=O) groups is 1.